The van der Waals surface area contributed by atoms with E-state index in [1.165, 1.54) is 29.9 Å². The van der Waals surface area contributed by atoms with Gasteiger partial charge in [0, 0.05) is 28.7 Å². The quantitative estimate of drug-likeness (QED) is 0.137. The lowest BCUT2D eigenvalue weighted by Gasteiger charge is -2.15. The summed E-state index contributed by atoms with van der Waals surface area (Å²) in [6, 6.07) is 18.6. The highest BCUT2D eigenvalue weighted by Crippen LogP contribution is 2.30. The van der Waals surface area contributed by atoms with E-state index in [1.807, 2.05) is 43.3 Å². The van der Waals surface area contributed by atoms with Crippen molar-refractivity contribution < 1.29 is 14.5 Å². The van der Waals surface area contributed by atoms with Crippen molar-refractivity contribution in [1.29, 1.82) is 0 Å². The molecule has 10 nitrogen and oxygen atoms in total. The number of aromatic nitrogens is 3. The molecule has 11 heteroatoms. The number of nitro benzene ring substituents is 1. The zero-order chi connectivity index (χ0) is 26.1. The molecule has 3 aromatic carbocycles. The Morgan fingerprint density at radius 1 is 1.16 bits per heavy atom. The smallest absolute Gasteiger partial charge is 0.283 e. The summed E-state index contributed by atoms with van der Waals surface area (Å²) in [5.41, 5.74) is 2.89. The molecule has 2 heterocycles. The lowest BCUT2D eigenvalue weighted by Crippen LogP contribution is -2.23. The van der Waals surface area contributed by atoms with Crippen LogP contribution >= 0.6 is 11.8 Å². The van der Waals surface area contributed by atoms with E-state index < -0.39 is 10.8 Å². The third kappa shape index (κ3) is 4.64. The standard InChI is InChI=1S/C26H21N5O5S/c1-15-10-11-21(36-2)20(12-15)30-25(33)24-23(18-8-3-4-9-19(18)28-24)29-26(30)37-14-22(32)27-16-6-5-7-17(13-16)31(34)35/h3-13,28H,14H2,1-2H3,(H,27,32). The zero-order valence-electron chi connectivity index (χ0n) is 19.8. The lowest BCUT2D eigenvalue weighted by atomic mass is 10.2. The number of thioether (sulfide) groups is 1. The predicted molar refractivity (Wildman–Crippen MR) is 143 cm³/mol. The Balaban J connectivity index is 1.57. The molecule has 0 saturated carbocycles. The van der Waals surface area contributed by atoms with Gasteiger partial charge in [0.15, 0.2) is 5.16 Å². The molecule has 2 N–H and O–H groups in total. The first-order chi connectivity index (χ1) is 17.9. The molecule has 0 spiro atoms. The van der Waals surface area contributed by atoms with Crippen molar-refractivity contribution in [3.63, 3.8) is 0 Å². The second kappa shape index (κ2) is 9.78. The minimum absolute atomic E-state index is 0.0862. The van der Waals surface area contributed by atoms with E-state index in [0.29, 0.717) is 33.3 Å². The molecule has 0 aliphatic heterocycles. The number of carbonyl (C=O) groups excluding carboxylic acids is 1. The summed E-state index contributed by atoms with van der Waals surface area (Å²) in [7, 11) is 1.52. The van der Waals surface area contributed by atoms with Crippen LogP contribution < -0.4 is 15.6 Å². The van der Waals surface area contributed by atoms with Crippen LogP contribution in [-0.2, 0) is 4.79 Å². The highest BCUT2D eigenvalue weighted by molar-refractivity contribution is 7.99. The average molecular weight is 516 g/mol. The molecule has 186 valence electrons. The monoisotopic (exact) mass is 515 g/mol. The van der Waals surface area contributed by atoms with Crippen molar-refractivity contribution >= 4 is 51.0 Å². The maximum Gasteiger partial charge on any atom is 0.283 e. The van der Waals surface area contributed by atoms with Crippen LogP contribution in [0.25, 0.3) is 27.6 Å². The Kier molecular flexibility index (Phi) is 6.36. The summed E-state index contributed by atoms with van der Waals surface area (Å²) < 4.78 is 6.97. The third-order valence-electron chi connectivity index (χ3n) is 5.74. The normalized spacial score (nSPS) is 11.1. The number of nitrogens with zero attached hydrogens (tertiary/aromatic N) is 3. The minimum atomic E-state index is -0.529. The first-order valence-electron chi connectivity index (χ1n) is 11.2. The lowest BCUT2D eigenvalue weighted by molar-refractivity contribution is -0.384. The van der Waals surface area contributed by atoms with E-state index in [-0.39, 0.29) is 17.0 Å². The van der Waals surface area contributed by atoms with Crippen molar-refractivity contribution in [3.05, 3.63) is 92.8 Å². The van der Waals surface area contributed by atoms with Crippen LogP contribution in [-0.4, -0.2) is 38.2 Å². The van der Waals surface area contributed by atoms with Gasteiger partial charge in [-0.1, -0.05) is 42.1 Å². The Bertz CT molecular complexity index is 1740. The van der Waals surface area contributed by atoms with Gasteiger partial charge in [-0.15, -0.1) is 0 Å². The van der Waals surface area contributed by atoms with Gasteiger partial charge in [-0.3, -0.25) is 19.7 Å². The van der Waals surface area contributed by atoms with Crippen molar-refractivity contribution in [2.24, 2.45) is 0 Å². The fraction of sp³-hybridized carbons (Fsp3) is 0.115. The number of nitro groups is 1. The number of nitrogens with one attached hydrogen (secondary N) is 2. The molecular weight excluding hydrogens is 494 g/mol. The van der Waals surface area contributed by atoms with E-state index in [0.717, 1.165) is 28.2 Å². The van der Waals surface area contributed by atoms with E-state index in [9.17, 15) is 19.7 Å². The topological polar surface area (TPSA) is 132 Å². The van der Waals surface area contributed by atoms with Gasteiger partial charge in [-0.2, -0.15) is 0 Å². The Morgan fingerprint density at radius 3 is 2.76 bits per heavy atom. The van der Waals surface area contributed by atoms with Gasteiger partial charge in [-0.05, 0) is 36.8 Å². The number of fused-ring (bicyclic) bond motifs is 3. The molecule has 0 bridgehead atoms. The number of aromatic amines is 1. The zero-order valence-corrected chi connectivity index (χ0v) is 20.7. The molecule has 0 atom stereocenters. The van der Waals surface area contributed by atoms with Gasteiger partial charge in [0.1, 0.15) is 16.8 Å². The average Bonchev–Trinajstić information content (AvgIpc) is 3.27. The van der Waals surface area contributed by atoms with Gasteiger partial charge in [0.2, 0.25) is 5.91 Å². The summed E-state index contributed by atoms with van der Waals surface area (Å²) >= 11 is 1.08. The van der Waals surface area contributed by atoms with E-state index in [2.05, 4.69) is 10.3 Å². The maximum absolute atomic E-state index is 13.8. The summed E-state index contributed by atoms with van der Waals surface area (Å²) in [5, 5.41) is 14.8. The first-order valence-corrected chi connectivity index (χ1v) is 12.2. The summed E-state index contributed by atoms with van der Waals surface area (Å²) in [4.78, 5) is 45.0. The molecule has 37 heavy (non-hydrogen) atoms. The highest BCUT2D eigenvalue weighted by Gasteiger charge is 2.20. The largest absolute Gasteiger partial charge is 0.495 e. The van der Waals surface area contributed by atoms with Crippen molar-refractivity contribution in [3.8, 4) is 11.4 Å². The molecule has 5 aromatic rings. The number of hydrogen-bond acceptors (Lipinski definition) is 7. The number of ether oxygens (including phenoxy) is 1. The van der Waals surface area contributed by atoms with E-state index in [1.54, 1.807) is 12.1 Å². The number of methoxy groups -OCH3 is 1. The van der Waals surface area contributed by atoms with Gasteiger partial charge >= 0.3 is 0 Å². The first kappa shape index (κ1) is 24.1. The molecule has 0 aliphatic rings. The Morgan fingerprint density at radius 2 is 1.97 bits per heavy atom. The number of para-hydroxylation sites is 1. The Labute approximate surface area is 214 Å². The number of hydrogen-bond donors (Lipinski definition) is 2. The summed E-state index contributed by atoms with van der Waals surface area (Å²) in [6.45, 7) is 1.90. The number of H-pyrrole nitrogens is 1. The number of benzene rings is 3. The second-order valence-electron chi connectivity index (χ2n) is 8.25. The molecule has 0 saturated heterocycles. The predicted octanol–water partition coefficient (Wildman–Crippen LogP) is 4.82. The number of aryl methyl sites for hydroxylation is 1. The highest BCUT2D eigenvalue weighted by atomic mass is 32.2. The summed E-state index contributed by atoms with van der Waals surface area (Å²) in [5.74, 6) is -0.00805. The fourth-order valence-corrected chi connectivity index (χ4v) is 4.85. The van der Waals surface area contributed by atoms with Gasteiger partial charge in [0.05, 0.1) is 23.5 Å². The number of amides is 1. The fourth-order valence-electron chi connectivity index (χ4n) is 4.05. The third-order valence-corrected chi connectivity index (χ3v) is 6.68. The molecule has 0 unspecified atom stereocenters. The van der Waals surface area contributed by atoms with Crippen LogP contribution in [0.2, 0.25) is 0 Å². The number of anilines is 1. The minimum Gasteiger partial charge on any atom is -0.495 e. The van der Waals surface area contributed by atoms with Gasteiger partial charge in [-0.25, -0.2) is 9.55 Å². The molecule has 1 amide bonds. The molecule has 0 fully saturated rings. The Hall–Kier alpha value is -4.64. The molecule has 2 aromatic heterocycles. The van der Waals surface area contributed by atoms with Crippen molar-refractivity contribution in [1.82, 2.24) is 14.5 Å². The van der Waals surface area contributed by atoms with Gasteiger partial charge < -0.3 is 15.0 Å². The number of carbonyl (C=O) groups is 1. The van der Waals surface area contributed by atoms with Crippen LogP contribution in [0.1, 0.15) is 5.56 Å². The number of rotatable bonds is 7. The van der Waals surface area contributed by atoms with E-state index in [4.69, 9.17) is 9.72 Å². The number of non-ortho nitro benzene ring substituents is 1. The molecule has 0 radical (unpaired) electrons. The maximum atomic E-state index is 13.8. The van der Waals surface area contributed by atoms with Crippen molar-refractivity contribution in [2.75, 3.05) is 18.2 Å². The summed E-state index contributed by atoms with van der Waals surface area (Å²) in [6.07, 6.45) is 0. The molecular formula is C26H21N5O5S. The van der Waals surface area contributed by atoms with Crippen LogP contribution in [0.3, 0.4) is 0 Å². The van der Waals surface area contributed by atoms with E-state index >= 15 is 0 Å². The van der Waals surface area contributed by atoms with Crippen molar-refractivity contribution in [2.45, 2.75) is 12.1 Å². The molecule has 0 aliphatic carbocycles. The molecule has 5 rings (SSSR count). The van der Waals surface area contributed by atoms with Crippen LogP contribution in [0.5, 0.6) is 5.75 Å². The van der Waals surface area contributed by atoms with Gasteiger partial charge in [0.25, 0.3) is 11.2 Å². The van der Waals surface area contributed by atoms with Crippen LogP contribution in [0.4, 0.5) is 11.4 Å². The van der Waals surface area contributed by atoms with Crippen LogP contribution in [0.15, 0.2) is 76.7 Å². The van der Waals surface area contributed by atoms with Crippen LogP contribution in [0, 0.1) is 17.0 Å². The second-order valence-corrected chi connectivity index (χ2v) is 9.19. The SMILES string of the molecule is COc1ccc(C)cc1-n1c(SCC(=O)Nc2cccc([N+](=O)[O-])c2)nc2c([nH]c3ccccc32)c1=O.